The highest BCUT2D eigenvalue weighted by molar-refractivity contribution is 6.05. The van der Waals surface area contributed by atoms with Crippen molar-refractivity contribution < 1.29 is 18.7 Å². The summed E-state index contributed by atoms with van der Waals surface area (Å²) >= 11 is 0. The van der Waals surface area contributed by atoms with E-state index in [1.165, 1.54) is 7.11 Å². The first kappa shape index (κ1) is 18.4. The minimum absolute atomic E-state index is 0.0137. The van der Waals surface area contributed by atoms with Gasteiger partial charge in [0.2, 0.25) is 0 Å². The zero-order chi connectivity index (χ0) is 20.4. The fourth-order valence-electron chi connectivity index (χ4n) is 2.89. The van der Waals surface area contributed by atoms with E-state index >= 15 is 0 Å². The van der Waals surface area contributed by atoms with E-state index in [1.807, 2.05) is 25.1 Å². The summed E-state index contributed by atoms with van der Waals surface area (Å²) in [6.07, 6.45) is 0. The third kappa shape index (κ3) is 3.73. The normalized spacial score (nSPS) is 10.7. The molecule has 4 aromatic rings. The second-order valence-corrected chi connectivity index (χ2v) is 6.29. The van der Waals surface area contributed by atoms with Gasteiger partial charge in [-0.2, -0.15) is 0 Å². The standard InChI is InChI=1S/C21H18N4O4/c1-12-4-5-13-6-7-14(10-17(13)22-12)19(26)23-21-25-24-20(29-21)16-9-8-15(27-2)11-18(16)28-3/h4-11H,1-3H3,(H,23,25,26). The predicted molar refractivity (Wildman–Crippen MR) is 107 cm³/mol. The fourth-order valence-corrected chi connectivity index (χ4v) is 2.89. The van der Waals surface area contributed by atoms with Crippen molar-refractivity contribution in [2.75, 3.05) is 19.5 Å². The van der Waals surface area contributed by atoms with Crippen molar-refractivity contribution in [1.82, 2.24) is 15.2 Å². The number of benzene rings is 2. The van der Waals surface area contributed by atoms with Gasteiger partial charge in [0, 0.05) is 22.7 Å². The van der Waals surface area contributed by atoms with Gasteiger partial charge in [0.05, 0.1) is 25.3 Å². The highest BCUT2D eigenvalue weighted by atomic mass is 16.5. The average molecular weight is 390 g/mol. The zero-order valence-electron chi connectivity index (χ0n) is 16.1. The molecule has 0 saturated carbocycles. The molecule has 2 aromatic heterocycles. The Bertz CT molecular complexity index is 1200. The topological polar surface area (TPSA) is 99.4 Å². The van der Waals surface area contributed by atoms with Gasteiger partial charge in [-0.25, -0.2) is 0 Å². The van der Waals surface area contributed by atoms with Crippen molar-refractivity contribution in [3.63, 3.8) is 0 Å². The number of ether oxygens (including phenoxy) is 2. The molecule has 2 heterocycles. The average Bonchev–Trinajstić information content (AvgIpc) is 3.20. The number of nitrogens with one attached hydrogen (secondary N) is 1. The number of carbonyl (C=O) groups excluding carboxylic acids is 1. The monoisotopic (exact) mass is 390 g/mol. The van der Waals surface area contributed by atoms with Crippen molar-refractivity contribution in [3.8, 4) is 23.0 Å². The molecule has 0 aliphatic heterocycles. The number of aromatic nitrogens is 3. The zero-order valence-corrected chi connectivity index (χ0v) is 16.1. The first-order valence-electron chi connectivity index (χ1n) is 8.82. The molecule has 1 amide bonds. The summed E-state index contributed by atoms with van der Waals surface area (Å²) in [5.74, 6) is 1.00. The maximum atomic E-state index is 12.6. The Labute approximate surface area is 166 Å². The lowest BCUT2D eigenvalue weighted by molar-refractivity contribution is 0.102. The molecule has 2 aromatic carbocycles. The Morgan fingerprint density at radius 1 is 1.00 bits per heavy atom. The van der Waals surface area contributed by atoms with Gasteiger partial charge in [-0.1, -0.05) is 17.2 Å². The molecule has 8 nitrogen and oxygen atoms in total. The molecule has 0 fully saturated rings. The number of pyridine rings is 1. The van der Waals surface area contributed by atoms with Gasteiger partial charge >= 0.3 is 6.01 Å². The van der Waals surface area contributed by atoms with E-state index in [2.05, 4.69) is 20.5 Å². The number of nitrogens with zero attached hydrogens (tertiary/aromatic N) is 3. The molecule has 8 heteroatoms. The van der Waals surface area contributed by atoms with Crippen LogP contribution in [0.3, 0.4) is 0 Å². The number of methoxy groups -OCH3 is 2. The number of amides is 1. The van der Waals surface area contributed by atoms with E-state index < -0.39 is 0 Å². The minimum Gasteiger partial charge on any atom is -0.497 e. The van der Waals surface area contributed by atoms with Gasteiger partial charge in [0.1, 0.15) is 11.5 Å². The van der Waals surface area contributed by atoms with Crippen molar-refractivity contribution in [2.24, 2.45) is 0 Å². The van der Waals surface area contributed by atoms with E-state index in [-0.39, 0.29) is 17.8 Å². The first-order valence-corrected chi connectivity index (χ1v) is 8.82. The third-order valence-corrected chi connectivity index (χ3v) is 4.38. The minimum atomic E-state index is -0.368. The van der Waals surface area contributed by atoms with Gasteiger partial charge in [-0.3, -0.25) is 15.1 Å². The van der Waals surface area contributed by atoms with Crippen LogP contribution in [-0.2, 0) is 0 Å². The van der Waals surface area contributed by atoms with Crippen LogP contribution in [0.1, 0.15) is 16.1 Å². The predicted octanol–water partition coefficient (Wildman–Crippen LogP) is 3.86. The highest BCUT2D eigenvalue weighted by Gasteiger charge is 2.17. The van der Waals surface area contributed by atoms with Gasteiger partial charge in [0.15, 0.2) is 0 Å². The number of hydrogen-bond donors (Lipinski definition) is 1. The number of fused-ring (bicyclic) bond motifs is 1. The SMILES string of the molecule is COc1ccc(-c2nnc(NC(=O)c3ccc4ccc(C)nc4c3)o2)c(OC)c1. The lowest BCUT2D eigenvalue weighted by atomic mass is 10.1. The summed E-state index contributed by atoms with van der Waals surface area (Å²) < 4.78 is 16.1. The van der Waals surface area contributed by atoms with Crippen molar-refractivity contribution in [1.29, 1.82) is 0 Å². The van der Waals surface area contributed by atoms with Gasteiger partial charge in [-0.15, -0.1) is 5.10 Å². The Hall–Kier alpha value is -3.94. The largest absolute Gasteiger partial charge is 0.497 e. The summed E-state index contributed by atoms with van der Waals surface area (Å²) in [4.78, 5) is 17.0. The van der Waals surface area contributed by atoms with Crippen LogP contribution in [0, 0.1) is 6.92 Å². The van der Waals surface area contributed by atoms with Crippen molar-refractivity contribution in [3.05, 3.63) is 59.8 Å². The van der Waals surface area contributed by atoms with Crippen LogP contribution in [0.5, 0.6) is 11.5 Å². The third-order valence-electron chi connectivity index (χ3n) is 4.38. The van der Waals surface area contributed by atoms with Crippen LogP contribution in [0.25, 0.3) is 22.4 Å². The quantitative estimate of drug-likeness (QED) is 0.552. The van der Waals surface area contributed by atoms with Crippen LogP contribution in [0.2, 0.25) is 0 Å². The number of carbonyl (C=O) groups is 1. The molecular formula is C21H18N4O4. The number of hydrogen-bond acceptors (Lipinski definition) is 7. The van der Waals surface area contributed by atoms with Crippen LogP contribution in [0.4, 0.5) is 6.01 Å². The maximum Gasteiger partial charge on any atom is 0.322 e. The first-order chi connectivity index (χ1) is 14.1. The second kappa shape index (κ2) is 7.59. The molecule has 0 saturated heterocycles. The van der Waals surface area contributed by atoms with E-state index in [9.17, 15) is 4.79 Å². The Morgan fingerprint density at radius 2 is 1.83 bits per heavy atom. The smallest absolute Gasteiger partial charge is 0.322 e. The summed E-state index contributed by atoms with van der Waals surface area (Å²) in [5.41, 5.74) is 2.65. The summed E-state index contributed by atoms with van der Waals surface area (Å²) in [6.45, 7) is 1.90. The highest BCUT2D eigenvalue weighted by Crippen LogP contribution is 2.33. The lowest BCUT2D eigenvalue weighted by Gasteiger charge is -2.07. The molecule has 0 aliphatic carbocycles. The number of anilines is 1. The van der Waals surface area contributed by atoms with E-state index in [1.54, 1.807) is 37.4 Å². The van der Waals surface area contributed by atoms with E-state index in [0.717, 1.165) is 16.6 Å². The molecule has 0 spiro atoms. The molecule has 0 radical (unpaired) electrons. The molecule has 29 heavy (non-hydrogen) atoms. The van der Waals surface area contributed by atoms with Crippen molar-refractivity contribution in [2.45, 2.75) is 6.92 Å². The van der Waals surface area contributed by atoms with Gasteiger partial charge < -0.3 is 13.9 Å². The van der Waals surface area contributed by atoms with E-state index in [4.69, 9.17) is 13.9 Å². The molecule has 146 valence electrons. The van der Waals surface area contributed by atoms with Crippen LogP contribution < -0.4 is 14.8 Å². The Kier molecular flexibility index (Phi) is 4.82. The van der Waals surface area contributed by atoms with Crippen LogP contribution in [-0.4, -0.2) is 35.3 Å². The van der Waals surface area contributed by atoms with Crippen molar-refractivity contribution >= 4 is 22.8 Å². The number of aryl methyl sites for hydroxylation is 1. The van der Waals surface area contributed by atoms with Crippen LogP contribution in [0.15, 0.2) is 52.9 Å². The molecule has 1 N–H and O–H groups in total. The lowest BCUT2D eigenvalue weighted by Crippen LogP contribution is -2.12. The summed E-state index contributed by atoms with van der Waals surface area (Å²) in [7, 11) is 3.10. The molecule has 4 rings (SSSR count). The summed E-state index contributed by atoms with van der Waals surface area (Å²) in [6, 6.07) is 14.4. The number of rotatable bonds is 5. The van der Waals surface area contributed by atoms with E-state index in [0.29, 0.717) is 22.6 Å². The molecule has 0 aliphatic rings. The fraction of sp³-hybridized carbons (Fsp3) is 0.143. The Balaban J connectivity index is 1.57. The summed E-state index contributed by atoms with van der Waals surface area (Å²) in [5, 5.41) is 11.5. The van der Waals surface area contributed by atoms with Crippen LogP contribution >= 0.6 is 0 Å². The Morgan fingerprint density at radius 3 is 2.62 bits per heavy atom. The van der Waals surface area contributed by atoms with Gasteiger partial charge in [0.25, 0.3) is 11.8 Å². The molecule has 0 atom stereocenters. The molecule has 0 bridgehead atoms. The molecule has 0 unspecified atom stereocenters. The maximum absolute atomic E-state index is 12.6. The second-order valence-electron chi connectivity index (χ2n) is 6.29. The van der Waals surface area contributed by atoms with Gasteiger partial charge in [-0.05, 0) is 37.3 Å². The molecular weight excluding hydrogens is 372 g/mol.